The summed E-state index contributed by atoms with van der Waals surface area (Å²) in [7, 11) is 0. The van der Waals surface area contributed by atoms with Crippen molar-refractivity contribution in [3.05, 3.63) is 16.1 Å². The van der Waals surface area contributed by atoms with Gasteiger partial charge in [-0.2, -0.15) is 0 Å². The molecule has 9 heteroatoms. The molecule has 0 saturated carbocycles. The van der Waals surface area contributed by atoms with Gasteiger partial charge >= 0.3 is 12.1 Å². The second-order valence-corrected chi connectivity index (χ2v) is 8.16. The Kier molecular flexibility index (Phi) is 7.55. The van der Waals surface area contributed by atoms with E-state index in [0.717, 1.165) is 0 Å². The summed E-state index contributed by atoms with van der Waals surface area (Å²) in [5.41, 5.74) is 4.72. The number of alkyl carbamates (subject to hydrolysis) is 1. The number of carbonyl (C=O) groups is 3. The molecule has 0 aliphatic heterocycles. The molecule has 1 rings (SSSR count). The third-order valence-electron chi connectivity index (χ3n) is 3.33. The number of hydrogen-bond acceptors (Lipinski definition) is 7. The zero-order valence-corrected chi connectivity index (χ0v) is 16.8. The summed E-state index contributed by atoms with van der Waals surface area (Å²) < 4.78 is 10.6. The molecule has 0 aliphatic rings. The number of esters is 1. The molecule has 2 atom stereocenters. The average molecular weight is 385 g/mol. The number of thiazole rings is 1. The number of hydrogen-bond donors (Lipinski definition) is 2. The number of nitrogens with two attached hydrogens (primary N) is 1. The van der Waals surface area contributed by atoms with Crippen LogP contribution in [0.2, 0.25) is 0 Å². The van der Waals surface area contributed by atoms with Crippen LogP contribution in [0, 0.1) is 5.92 Å². The summed E-state index contributed by atoms with van der Waals surface area (Å²) in [5, 5.41) is 4.77. The van der Waals surface area contributed by atoms with E-state index in [1.807, 2.05) is 13.8 Å². The van der Waals surface area contributed by atoms with Crippen molar-refractivity contribution in [1.29, 1.82) is 0 Å². The highest BCUT2D eigenvalue weighted by atomic mass is 32.1. The lowest BCUT2D eigenvalue weighted by molar-refractivity contribution is -0.147. The van der Waals surface area contributed by atoms with E-state index >= 15 is 0 Å². The van der Waals surface area contributed by atoms with Gasteiger partial charge in [-0.15, -0.1) is 11.3 Å². The van der Waals surface area contributed by atoms with Crippen LogP contribution < -0.4 is 11.1 Å². The Bertz CT molecular complexity index is 651. The number of rotatable bonds is 7. The second kappa shape index (κ2) is 8.98. The van der Waals surface area contributed by atoms with Crippen molar-refractivity contribution in [2.75, 3.05) is 0 Å². The van der Waals surface area contributed by atoms with Crippen LogP contribution in [0.5, 0.6) is 0 Å². The Hall–Kier alpha value is -2.16. The van der Waals surface area contributed by atoms with Crippen LogP contribution in [0.25, 0.3) is 0 Å². The number of amides is 2. The van der Waals surface area contributed by atoms with Crippen LogP contribution in [0.15, 0.2) is 5.38 Å². The van der Waals surface area contributed by atoms with Crippen LogP contribution in [-0.2, 0) is 14.3 Å². The normalized spacial score (nSPS) is 13.8. The molecule has 1 aromatic heterocycles. The van der Waals surface area contributed by atoms with Crippen molar-refractivity contribution in [3.63, 3.8) is 0 Å². The Balaban J connectivity index is 2.95. The maximum Gasteiger partial charge on any atom is 0.407 e. The second-order valence-electron chi connectivity index (χ2n) is 7.27. The summed E-state index contributed by atoms with van der Waals surface area (Å²) in [6.07, 6.45) is -0.954. The SMILES string of the molecule is CC(=O)OC(CC(NC(=O)OC(C)(C)C)C(C)C)c1nc(C(N)=O)cs1. The molecule has 0 aliphatic carbocycles. The standard InChI is InChI=1S/C17H27N3O5S/c1-9(2)11(20-16(23)25-17(4,5)6)7-13(24-10(3)21)15-19-12(8-26-15)14(18)22/h8-9,11,13H,7H2,1-6H3,(H2,18,22)(H,20,23). The van der Waals surface area contributed by atoms with Gasteiger partial charge in [0.25, 0.3) is 5.91 Å². The maximum absolute atomic E-state index is 12.1. The van der Waals surface area contributed by atoms with E-state index in [-0.39, 0.29) is 17.7 Å². The number of nitrogens with one attached hydrogen (secondary N) is 1. The monoisotopic (exact) mass is 385 g/mol. The minimum absolute atomic E-state index is 0.0520. The molecule has 0 spiro atoms. The fourth-order valence-corrected chi connectivity index (χ4v) is 2.98. The molecule has 0 fully saturated rings. The lowest BCUT2D eigenvalue weighted by atomic mass is 9.98. The molecule has 0 saturated heterocycles. The summed E-state index contributed by atoms with van der Waals surface area (Å²) in [5.74, 6) is -1.08. The van der Waals surface area contributed by atoms with Crippen molar-refractivity contribution in [3.8, 4) is 0 Å². The first-order chi connectivity index (χ1) is 11.9. The maximum atomic E-state index is 12.1. The van der Waals surface area contributed by atoms with Gasteiger partial charge in [0.1, 0.15) is 16.3 Å². The van der Waals surface area contributed by atoms with E-state index in [1.54, 1.807) is 20.8 Å². The molecule has 0 aromatic carbocycles. The largest absolute Gasteiger partial charge is 0.455 e. The molecule has 146 valence electrons. The van der Waals surface area contributed by atoms with Crippen molar-refractivity contribution in [2.45, 2.75) is 65.7 Å². The third-order valence-corrected chi connectivity index (χ3v) is 4.27. The van der Waals surface area contributed by atoms with Gasteiger partial charge < -0.3 is 20.5 Å². The molecule has 1 heterocycles. The van der Waals surface area contributed by atoms with Gasteiger partial charge in [0.15, 0.2) is 6.10 Å². The number of carbonyl (C=O) groups excluding carboxylic acids is 3. The molecule has 2 unspecified atom stereocenters. The Labute approximate surface area is 157 Å². The fourth-order valence-electron chi connectivity index (χ4n) is 2.14. The van der Waals surface area contributed by atoms with Gasteiger partial charge in [-0.25, -0.2) is 9.78 Å². The number of nitrogens with zero attached hydrogens (tertiary/aromatic N) is 1. The molecular weight excluding hydrogens is 358 g/mol. The minimum Gasteiger partial charge on any atom is -0.455 e. The van der Waals surface area contributed by atoms with Crippen molar-refractivity contribution in [1.82, 2.24) is 10.3 Å². The summed E-state index contributed by atoms with van der Waals surface area (Å²) in [4.78, 5) is 39.0. The van der Waals surface area contributed by atoms with Crippen molar-refractivity contribution < 1.29 is 23.9 Å². The smallest absolute Gasteiger partial charge is 0.407 e. The summed E-state index contributed by atoms with van der Waals surface area (Å²) in [6.45, 7) is 10.5. The molecule has 2 amide bonds. The van der Waals surface area contributed by atoms with Crippen LogP contribution in [0.4, 0.5) is 4.79 Å². The van der Waals surface area contributed by atoms with Crippen LogP contribution >= 0.6 is 11.3 Å². The first-order valence-electron chi connectivity index (χ1n) is 8.31. The first kappa shape index (κ1) is 21.9. The van der Waals surface area contributed by atoms with E-state index in [2.05, 4.69) is 10.3 Å². The molecule has 3 N–H and O–H groups in total. The van der Waals surface area contributed by atoms with Crippen LogP contribution in [-0.4, -0.2) is 34.6 Å². The third kappa shape index (κ3) is 7.38. The predicted octanol–water partition coefficient (Wildman–Crippen LogP) is 2.79. The Morgan fingerprint density at radius 2 is 1.92 bits per heavy atom. The zero-order valence-electron chi connectivity index (χ0n) is 16.0. The lowest BCUT2D eigenvalue weighted by Crippen LogP contribution is -2.42. The topological polar surface area (TPSA) is 121 Å². The molecule has 0 radical (unpaired) electrons. The highest BCUT2D eigenvalue weighted by molar-refractivity contribution is 7.09. The molecular formula is C17H27N3O5S. The van der Waals surface area contributed by atoms with E-state index < -0.39 is 29.7 Å². The number of aromatic nitrogens is 1. The highest BCUT2D eigenvalue weighted by Crippen LogP contribution is 2.28. The number of ether oxygens (including phenoxy) is 2. The van der Waals surface area contributed by atoms with Crippen LogP contribution in [0.3, 0.4) is 0 Å². The molecule has 1 aromatic rings. The predicted molar refractivity (Wildman–Crippen MR) is 97.8 cm³/mol. The van der Waals surface area contributed by atoms with Crippen LogP contribution in [0.1, 0.15) is 69.6 Å². The molecule has 8 nitrogen and oxygen atoms in total. The Morgan fingerprint density at radius 1 is 1.31 bits per heavy atom. The number of primary amides is 1. The highest BCUT2D eigenvalue weighted by Gasteiger charge is 2.28. The minimum atomic E-state index is -0.701. The van der Waals surface area contributed by atoms with Crippen molar-refractivity contribution in [2.24, 2.45) is 11.7 Å². The van der Waals surface area contributed by atoms with Gasteiger partial charge in [0, 0.05) is 24.8 Å². The quantitative estimate of drug-likeness (QED) is 0.696. The van der Waals surface area contributed by atoms with Gasteiger partial charge in [0.2, 0.25) is 0 Å². The molecule has 26 heavy (non-hydrogen) atoms. The average Bonchev–Trinajstić information content (AvgIpc) is 2.92. The zero-order chi connectivity index (χ0) is 20.1. The van der Waals surface area contributed by atoms with E-state index in [0.29, 0.717) is 11.4 Å². The Morgan fingerprint density at radius 3 is 2.35 bits per heavy atom. The summed E-state index contributed by atoms with van der Waals surface area (Å²) in [6, 6.07) is -0.324. The van der Waals surface area contributed by atoms with Gasteiger partial charge in [-0.3, -0.25) is 9.59 Å². The van der Waals surface area contributed by atoms with E-state index in [9.17, 15) is 14.4 Å². The first-order valence-corrected chi connectivity index (χ1v) is 9.19. The van der Waals surface area contributed by atoms with Gasteiger partial charge in [-0.1, -0.05) is 13.8 Å². The van der Waals surface area contributed by atoms with Gasteiger partial charge in [0.05, 0.1) is 0 Å². The van der Waals surface area contributed by atoms with Gasteiger partial charge in [-0.05, 0) is 26.7 Å². The van der Waals surface area contributed by atoms with E-state index in [4.69, 9.17) is 15.2 Å². The lowest BCUT2D eigenvalue weighted by Gasteiger charge is -2.28. The fraction of sp³-hybridized carbons (Fsp3) is 0.647. The summed E-state index contributed by atoms with van der Waals surface area (Å²) >= 11 is 1.18. The van der Waals surface area contributed by atoms with Crippen molar-refractivity contribution >= 4 is 29.3 Å². The van der Waals surface area contributed by atoms with E-state index in [1.165, 1.54) is 23.6 Å². The molecule has 0 bridgehead atoms.